The molecule has 4 heteroatoms. The van der Waals surface area contributed by atoms with E-state index in [4.69, 9.17) is 11.6 Å². The molecule has 2 aromatic carbocycles. The first-order valence-electron chi connectivity index (χ1n) is 5.99. The van der Waals surface area contributed by atoms with Gasteiger partial charge in [-0.3, -0.25) is 0 Å². The van der Waals surface area contributed by atoms with E-state index in [1.807, 2.05) is 13.0 Å². The van der Waals surface area contributed by atoms with Crippen LogP contribution in [0.15, 0.2) is 42.5 Å². The molecule has 0 aliphatic carbocycles. The van der Waals surface area contributed by atoms with E-state index < -0.39 is 0 Å². The molecule has 0 spiro atoms. The van der Waals surface area contributed by atoms with Crippen molar-refractivity contribution in [2.75, 3.05) is 0 Å². The van der Waals surface area contributed by atoms with Crippen LogP contribution in [0.25, 0.3) is 0 Å². The Morgan fingerprint density at radius 2 is 1.89 bits per heavy atom. The maximum absolute atomic E-state index is 13.6. The van der Waals surface area contributed by atoms with Crippen LogP contribution in [0.4, 0.5) is 8.78 Å². The summed E-state index contributed by atoms with van der Waals surface area (Å²) in [6, 6.07) is 10.8. The molecule has 0 bridgehead atoms. The summed E-state index contributed by atoms with van der Waals surface area (Å²) in [6.07, 6.45) is 0. The molecule has 0 radical (unpaired) electrons. The highest BCUT2D eigenvalue weighted by Crippen LogP contribution is 2.20. The average Bonchev–Trinajstić information content (AvgIpc) is 2.38. The lowest BCUT2D eigenvalue weighted by atomic mass is 10.1. The van der Waals surface area contributed by atoms with Crippen molar-refractivity contribution in [1.29, 1.82) is 0 Å². The summed E-state index contributed by atoms with van der Waals surface area (Å²) in [5.41, 5.74) is 1.24. The molecule has 0 saturated carbocycles. The summed E-state index contributed by atoms with van der Waals surface area (Å²) < 4.78 is 26.7. The second-order valence-electron chi connectivity index (χ2n) is 4.36. The largest absolute Gasteiger partial charge is 0.306 e. The fourth-order valence-electron chi connectivity index (χ4n) is 1.85. The van der Waals surface area contributed by atoms with Crippen LogP contribution in [0.2, 0.25) is 5.02 Å². The maximum Gasteiger partial charge on any atom is 0.129 e. The Bertz CT molecular complexity index is 552. The highest BCUT2D eigenvalue weighted by Gasteiger charge is 2.10. The van der Waals surface area contributed by atoms with Gasteiger partial charge in [0.1, 0.15) is 11.6 Å². The topological polar surface area (TPSA) is 12.0 Å². The van der Waals surface area contributed by atoms with E-state index in [0.29, 0.717) is 17.1 Å². The normalized spacial score (nSPS) is 12.4. The lowest BCUT2D eigenvalue weighted by Gasteiger charge is -2.15. The first kappa shape index (κ1) is 14.0. The molecule has 0 unspecified atom stereocenters. The fraction of sp³-hybridized carbons (Fsp3) is 0.200. The smallest absolute Gasteiger partial charge is 0.129 e. The van der Waals surface area contributed by atoms with Crippen molar-refractivity contribution in [3.8, 4) is 0 Å². The van der Waals surface area contributed by atoms with Gasteiger partial charge in [-0.25, -0.2) is 8.78 Å². The molecule has 1 atom stereocenters. The summed E-state index contributed by atoms with van der Waals surface area (Å²) in [5.74, 6) is -0.624. The number of nitrogens with one attached hydrogen (secondary N) is 1. The Kier molecular flexibility index (Phi) is 4.51. The minimum absolute atomic E-state index is 0.0913. The van der Waals surface area contributed by atoms with E-state index in [2.05, 4.69) is 5.32 Å². The molecule has 0 fully saturated rings. The zero-order valence-electron chi connectivity index (χ0n) is 10.5. The van der Waals surface area contributed by atoms with E-state index in [1.54, 1.807) is 18.2 Å². The molecule has 0 aromatic heterocycles. The first-order chi connectivity index (χ1) is 9.08. The number of halogens is 3. The Morgan fingerprint density at radius 3 is 2.58 bits per heavy atom. The van der Waals surface area contributed by atoms with E-state index >= 15 is 0 Å². The predicted octanol–water partition coefficient (Wildman–Crippen LogP) is 4.47. The van der Waals surface area contributed by atoms with Gasteiger partial charge in [-0.2, -0.15) is 0 Å². The van der Waals surface area contributed by atoms with Gasteiger partial charge in [0.15, 0.2) is 0 Å². The van der Waals surface area contributed by atoms with Gasteiger partial charge in [-0.15, -0.1) is 0 Å². The minimum Gasteiger partial charge on any atom is -0.306 e. The molecule has 19 heavy (non-hydrogen) atoms. The highest BCUT2D eigenvalue weighted by molar-refractivity contribution is 6.31. The van der Waals surface area contributed by atoms with Crippen LogP contribution < -0.4 is 5.32 Å². The van der Waals surface area contributed by atoms with E-state index in [-0.39, 0.29) is 17.7 Å². The molecule has 0 amide bonds. The van der Waals surface area contributed by atoms with Crippen LogP contribution in [0.5, 0.6) is 0 Å². The van der Waals surface area contributed by atoms with Crippen molar-refractivity contribution in [2.45, 2.75) is 19.5 Å². The molecule has 1 N–H and O–H groups in total. The monoisotopic (exact) mass is 281 g/mol. The fourth-order valence-corrected chi connectivity index (χ4v) is 2.08. The number of hydrogen-bond donors (Lipinski definition) is 1. The summed E-state index contributed by atoms with van der Waals surface area (Å²) in [5, 5.41) is 3.52. The van der Waals surface area contributed by atoms with Crippen LogP contribution in [0.3, 0.4) is 0 Å². The summed E-state index contributed by atoms with van der Waals surface area (Å²) in [7, 11) is 0. The zero-order valence-corrected chi connectivity index (χ0v) is 11.2. The first-order valence-corrected chi connectivity index (χ1v) is 6.37. The van der Waals surface area contributed by atoms with Gasteiger partial charge in [-0.05, 0) is 36.8 Å². The van der Waals surface area contributed by atoms with Crippen molar-refractivity contribution >= 4 is 11.6 Å². The highest BCUT2D eigenvalue weighted by atomic mass is 35.5. The van der Waals surface area contributed by atoms with Gasteiger partial charge < -0.3 is 5.32 Å². The van der Waals surface area contributed by atoms with Crippen molar-refractivity contribution in [3.05, 3.63) is 70.2 Å². The van der Waals surface area contributed by atoms with Crippen molar-refractivity contribution in [3.63, 3.8) is 0 Å². The standard InChI is InChI=1S/C15H14ClF2N/c1-10(11-4-2-5-12(17)8-11)19-9-13-14(16)6-3-7-15(13)18/h2-8,10,19H,9H2,1H3/t10-/m1/s1. The third-order valence-electron chi connectivity index (χ3n) is 3.00. The quantitative estimate of drug-likeness (QED) is 0.872. The molecule has 0 aliphatic heterocycles. The lowest BCUT2D eigenvalue weighted by Crippen LogP contribution is -2.19. The van der Waals surface area contributed by atoms with E-state index in [9.17, 15) is 8.78 Å². The van der Waals surface area contributed by atoms with Crippen molar-refractivity contribution < 1.29 is 8.78 Å². The Balaban J connectivity index is 2.06. The molecular weight excluding hydrogens is 268 g/mol. The van der Waals surface area contributed by atoms with Crippen molar-refractivity contribution in [1.82, 2.24) is 5.32 Å². The van der Waals surface area contributed by atoms with Gasteiger partial charge in [0.2, 0.25) is 0 Å². The Hall–Kier alpha value is -1.45. The van der Waals surface area contributed by atoms with Crippen LogP contribution in [-0.2, 0) is 6.54 Å². The second kappa shape index (κ2) is 6.13. The average molecular weight is 282 g/mol. The van der Waals surface area contributed by atoms with Gasteiger partial charge >= 0.3 is 0 Å². The van der Waals surface area contributed by atoms with Crippen LogP contribution in [-0.4, -0.2) is 0 Å². The number of benzene rings is 2. The molecule has 100 valence electrons. The molecule has 0 saturated heterocycles. The van der Waals surface area contributed by atoms with Crippen LogP contribution in [0, 0.1) is 11.6 Å². The Labute approximate surface area is 116 Å². The molecule has 2 rings (SSSR count). The number of hydrogen-bond acceptors (Lipinski definition) is 1. The van der Waals surface area contributed by atoms with Gasteiger partial charge in [-0.1, -0.05) is 29.8 Å². The van der Waals surface area contributed by atoms with Crippen LogP contribution in [0.1, 0.15) is 24.1 Å². The summed E-state index contributed by atoms with van der Waals surface area (Å²) >= 11 is 5.94. The zero-order chi connectivity index (χ0) is 13.8. The summed E-state index contributed by atoms with van der Waals surface area (Å²) in [4.78, 5) is 0. The van der Waals surface area contributed by atoms with E-state index in [0.717, 1.165) is 5.56 Å². The van der Waals surface area contributed by atoms with Gasteiger partial charge in [0.25, 0.3) is 0 Å². The summed E-state index contributed by atoms with van der Waals surface area (Å²) in [6.45, 7) is 2.19. The van der Waals surface area contributed by atoms with E-state index in [1.165, 1.54) is 18.2 Å². The third kappa shape index (κ3) is 3.52. The molecule has 1 nitrogen and oxygen atoms in total. The van der Waals surface area contributed by atoms with Gasteiger partial charge in [0, 0.05) is 23.2 Å². The molecule has 2 aromatic rings. The lowest BCUT2D eigenvalue weighted by molar-refractivity contribution is 0.540. The second-order valence-corrected chi connectivity index (χ2v) is 4.77. The maximum atomic E-state index is 13.6. The van der Waals surface area contributed by atoms with Crippen LogP contribution >= 0.6 is 11.6 Å². The SMILES string of the molecule is C[C@@H](NCc1c(F)cccc1Cl)c1cccc(F)c1. The molecular formula is C15H14ClF2N. The third-order valence-corrected chi connectivity index (χ3v) is 3.35. The number of rotatable bonds is 4. The molecule has 0 heterocycles. The Morgan fingerprint density at radius 1 is 1.16 bits per heavy atom. The van der Waals surface area contributed by atoms with Crippen molar-refractivity contribution in [2.24, 2.45) is 0 Å². The van der Waals surface area contributed by atoms with Gasteiger partial charge in [0.05, 0.1) is 0 Å². The predicted molar refractivity (Wildman–Crippen MR) is 73.1 cm³/mol. The minimum atomic E-state index is -0.341. The molecule has 0 aliphatic rings.